The van der Waals surface area contributed by atoms with Crippen molar-refractivity contribution in [1.29, 1.82) is 0 Å². The van der Waals surface area contributed by atoms with Crippen LogP contribution in [0.1, 0.15) is 18.4 Å². The third kappa shape index (κ3) is 6.24. The first kappa shape index (κ1) is 14.5. The molecule has 0 radical (unpaired) electrons. The average Bonchev–Trinajstić information content (AvgIpc) is 2.28. The maximum Gasteiger partial charge on any atom is 0.185 e. The third-order valence-corrected chi connectivity index (χ3v) is 4.07. The SMILES string of the molecule is NC(N)=NCCCCS(=O)(=O)Cc1ccccc1. The number of aliphatic imine (C=N–C) groups is 1. The van der Waals surface area contributed by atoms with Crippen LogP contribution in [0.3, 0.4) is 0 Å². The Bertz CT molecular complexity index is 479. The van der Waals surface area contributed by atoms with Gasteiger partial charge < -0.3 is 11.5 Å². The van der Waals surface area contributed by atoms with Crippen molar-refractivity contribution in [3.8, 4) is 0 Å². The van der Waals surface area contributed by atoms with Gasteiger partial charge in [-0.15, -0.1) is 0 Å². The van der Waals surface area contributed by atoms with Crippen LogP contribution in [0, 0.1) is 0 Å². The van der Waals surface area contributed by atoms with Gasteiger partial charge in [0.05, 0.1) is 11.5 Å². The molecule has 1 aromatic rings. The predicted molar refractivity (Wildman–Crippen MR) is 73.8 cm³/mol. The highest BCUT2D eigenvalue weighted by atomic mass is 32.2. The number of unbranched alkanes of at least 4 members (excludes halogenated alkanes) is 1. The summed E-state index contributed by atoms with van der Waals surface area (Å²) in [6.45, 7) is 0.475. The molecule has 1 rings (SSSR count). The van der Waals surface area contributed by atoms with E-state index in [1.807, 2.05) is 30.3 Å². The van der Waals surface area contributed by atoms with E-state index in [-0.39, 0.29) is 17.5 Å². The van der Waals surface area contributed by atoms with Gasteiger partial charge in [0.25, 0.3) is 0 Å². The summed E-state index contributed by atoms with van der Waals surface area (Å²) in [5, 5.41) is 0. The van der Waals surface area contributed by atoms with Gasteiger partial charge in [0.1, 0.15) is 0 Å². The number of nitrogens with two attached hydrogens (primary N) is 2. The number of nitrogens with zero attached hydrogens (tertiary/aromatic N) is 1. The fraction of sp³-hybridized carbons (Fsp3) is 0.417. The van der Waals surface area contributed by atoms with Gasteiger partial charge in [-0.05, 0) is 18.4 Å². The van der Waals surface area contributed by atoms with Crippen molar-refractivity contribution in [1.82, 2.24) is 0 Å². The summed E-state index contributed by atoms with van der Waals surface area (Å²) in [4.78, 5) is 3.81. The molecule has 0 unspecified atom stereocenters. The Hall–Kier alpha value is -1.56. The molecule has 6 heteroatoms. The highest BCUT2D eigenvalue weighted by Gasteiger charge is 2.10. The van der Waals surface area contributed by atoms with Crippen molar-refractivity contribution in [2.45, 2.75) is 18.6 Å². The summed E-state index contributed by atoms with van der Waals surface area (Å²) in [5.74, 6) is 0.306. The summed E-state index contributed by atoms with van der Waals surface area (Å²) < 4.78 is 23.6. The summed E-state index contributed by atoms with van der Waals surface area (Å²) in [7, 11) is -3.05. The molecule has 0 atom stereocenters. The predicted octanol–water partition coefficient (Wildman–Crippen LogP) is 0.655. The van der Waals surface area contributed by atoms with Gasteiger partial charge in [0.2, 0.25) is 0 Å². The zero-order valence-electron chi connectivity index (χ0n) is 10.2. The molecule has 0 aromatic heterocycles. The highest BCUT2D eigenvalue weighted by molar-refractivity contribution is 7.90. The van der Waals surface area contributed by atoms with Crippen LogP contribution in [0.15, 0.2) is 35.3 Å². The molecule has 4 N–H and O–H groups in total. The Morgan fingerprint density at radius 1 is 1.11 bits per heavy atom. The smallest absolute Gasteiger partial charge is 0.185 e. The van der Waals surface area contributed by atoms with Crippen molar-refractivity contribution in [2.75, 3.05) is 12.3 Å². The molecule has 0 aliphatic heterocycles. The van der Waals surface area contributed by atoms with Crippen molar-refractivity contribution < 1.29 is 8.42 Å². The number of rotatable bonds is 7. The van der Waals surface area contributed by atoms with E-state index in [9.17, 15) is 8.42 Å². The van der Waals surface area contributed by atoms with Gasteiger partial charge in [-0.2, -0.15) is 0 Å². The Labute approximate surface area is 108 Å². The molecule has 0 fully saturated rings. The second kappa shape index (κ2) is 7.00. The van der Waals surface area contributed by atoms with E-state index in [4.69, 9.17) is 11.5 Å². The zero-order valence-corrected chi connectivity index (χ0v) is 11.1. The fourth-order valence-corrected chi connectivity index (χ4v) is 3.03. The largest absolute Gasteiger partial charge is 0.370 e. The highest BCUT2D eigenvalue weighted by Crippen LogP contribution is 2.08. The van der Waals surface area contributed by atoms with Crippen LogP contribution in [0.2, 0.25) is 0 Å². The minimum Gasteiger partial charge on any atom is -0.370 e. The van der Waals surface area contributed by atoms with E-state index in [2.05, 4.69) is 4.99 Å². The van der Waals surface area contributed by atoms with E-state index in [0.717, 1.165) is 5.56 Å². The Morgan fingerprint density at radius 3 is 2.39 bits per heavy atom. The minimum atomic E-state index is -3.05. The zero-order chi connectivity index (χ0) is 13.4. The van der Waals surface area contributed by atoms with Gasteiger partial charge in [0, 0.05) is 6.54 Å². The first-order valence-electron chi connectivity index (χ1n) is 5.79. The van der Waals surface area contributed by atoms with E-state index >= 15 is 0 Å². The molecule has 0 aliphatic rings. The Morgan fingerprint density at radius 2 is 1.78 bits per heavy atom. The quantitative estimate of drug-likeness (QED) is 0.431. The third-order valence-electron chi connectivity index (χ3n) is 2.39. The molecule has 5 nitrogen and oxygen atoms in total. The average molecular weight is 269 g/mol. The molecule has 1 aromatic carbocycles. The number of hydrogen-bond donors (Lipinski definition) is 2. The fourth-order valence-electron chi connectivity index (χ4n) is 1.54. The van der Waals surface area contributed by atoms with Gasteiger partial charge >= 0.3 is 0 Å². The number of hydrogen-bond acceptors (Lipinski definition) is 3. The van der Waals surface area contributed by atoms with Gasteiger partial charge in [-0.1, -0.05) is 30.3 Å². The Kier molecular flexibility index (Phi) is 5.64. The normalized spacial score (nSPS) is 11.1. The molecule has 100 valence electrons. The molecular weight excluding hydrogens is 250 g/mol. The molecule has 0 heterocycles. The summed E-state index contributed by atoms with van der Waals surface area (Å²) in [6.07, 6.45) is 1.25. The second-order valence-electron chi connectivity index (χ2n) is 4.09. The van der Waals surface area contributed by atoms with Gasteiger partial charge in [-0.25, -0.2) is 8.42 Å². The van der Waals surface area contributed by atoms with Crippen LogP contribution >= 0.6 is 0 Å². The molecule has 0 bridgehead atoms. The van der Waals surface area contributed by atoms with Crippen LogP contribution in [-0.4, -0.2) is 26.7 Å². The maximum atomic E-state index is 11.8. The van der Waals surface area contributed by atoms with E-state index in [1.165, 1.54) is 0 Å². The standard InChI is InChI=1S/C12H19N3O2S/c13-12(14)15-8-4-5-9-18(16,17)10-11-6-2-1-3-7-11/h1-3,6-7H,4-5,8-10H2,(H4,13,14,15). The molecule has 0 saturated carbocycles. The lowest BCUT2D eigenvalue weighted by atomic mass is 10.2. The van der Waals surface area contributed by atoms with Crippen LogP contribution in [0.4, 0.5) is 0 Å². The molecule has 0 spiro atoms. The van der Waals surface area contributed by atoms with Crippen LogP contribution < -0.4 is 11.5 Å². The summed E-state index contributed by atoms with van der Waals surface area (Å²) >= 11 is 0. The molecular formula is C12H19N3O2S. The lowest BCUT2D eigenvalue weighted by Crippen LogP contribution is -2.23. The maximum absolute atomic E-state index is 11.8. The first-order chi connectivity index (χ1) is 8.49. The van der Waals surface area contributed by atoms with E-state index in [1.54, 1.807) is 0 Å². The lowest BCUT2D eigenvalue weighted by molar-refractivity contribution is 0.591. The number of benzene rings is 1. The van der Waals surface area contributed by atoms with Crippen molar-refractivity contribution >= 4 is 15.8 Å². The molecule has 0 aliphatic carbocycles. The molecule has 0 saturated heterocycles. The van der Waals surface area contributed by atoms with Gasteiger partial charge in [0.15, 0.2) is 15.8 Å². The summed E-state index contributed by atoms with van der Waals surface area (Å²) in [6, 6.07) is 9.17. The van der Waals surface area contributed by atoms with Crippen LogP contribution in [0.5, 0.6) is 0 Å². The molecule has 0 amide bonds. The lowest BCUT2D eigenvalue weighted by Gasteiger charge is -2.03. The topological polar surface area (TPSA) is 98.5 Å². The van der Waals surface area contributed by atoms with Gasteiger partial charge in [-0.3, -0.25) is 4.99 Å². The Balaban J connectivity index is 2.35. The van der Waals surface area contributed by atoms with E-state index in [0.29, 0.717) is 19.4 Å². The monoisotopic (exact) mass is 269 g/mol. The first-order valence-corrected chi connectivity index (χ1v) is 7.61. The second-order valence-corrected chi connectivity index (χ2v) is 6.28. The summed E-state index contributed by atoms with van der Waals surface area (Å²) in [5.41, 5.74) is 11.2. The van der Waals surface area contributed by atoms with Crippen molar-refractivity contribution in [3.05, 3.63) is 35.9 Å². The number of sulfone groups is 1. The van der Waals surface area contributed by atoms with E-state index < -0.39 is 9.84 Å². The van der Waals surface area contributed by atoms with Crippen molar-refractivity contribution in [3.63, 3.8) is 0 Å². The number of guanidine groups is 1. The molecule has 18 heavy (non-hydrogen) atoms. The minimum absolute atomic E-state index is 0.0437. The van der Waals surface area contributed by atoms with Crippen LogP contribution in [0.25, 0.3) is 0 Å². The van der Waals surface area contributed by atoms with Crippen LogP contribution in [-0.2, 0) is 15.6 Å². The van der Waals surface area contributed by atoms with Crippen molar-refractivity contribution in [2.24, 2.45) is 16.5 Å².